The Morgan fingerprint density at radius 2 is 2.00 bits per heavy atom. The second-order valence-corrected chi connectivity index (χ2v) is 11.7. The maximum absolute atomic E-state index is 14.2. The van der Waals surface area contributed by atoms with Crippen molar-refractivity contribution in [2.45, 2.75) is 71.6 Å². The number of benzene rings is 1. The van der Waals surface area contributed by atoms with Crippen LogP contribution >= 0.6 is 0 Å². The van der Waals surface area contributed by atoms with Crippen molar-refractivity contribution in [3.05, 3.63) is 68.1 Å². The molecule has 1 atom stereocenters. The topological polar surface area (TPSA) is 126 Å². The van der Waals surface area contributed by atoms with E-state index in [-0.39, 0.29) is 43.4 Å². The molecule has 220 valence electrons. The van der Waals surface area contributed by atoms with Crippen LogP contribution in [-0.2, 0) is 22.2 Å². The number of ether oxygens (including phenoxy) is 1. The molecule has 1 amide bonds. The van der Waals surface area contributed by atoms with Crippen molar-refractivity contribution in [3.63, 3.8) is 0 Å². The number of nitrogens with one attached hydrogen (secondary N) is 1. The fraction of sp³-hybridized carbons (Fsp3) is 0.455. The van der Waals surface area contributed by atoms with Gasteiger partial charge >= 0.3 is 0 Å². The van der Waals surface area contributed by atoms with Crippen LogP contribution < -0.4 is 16.6 Å². The van der Waals surface area contributed by atoms with Gasteiger partial charge in [0.25, 0.3) is 5.56 Å². The van der Waals surface area contributed by atoms with Crippen LogP contribution in [0.2, 0.25) is 0 Å². The molecule has 0 unspecified atom stereocenters. The summed E-state index contributed by atoms with van der Waals surface area (Å²) in [5.41, 5.74) is 7.53. The van der Waals surface area contributed by atoms with E-state index < -0.39 is 23.7 Å². The molecule has 0 radical (unpaired) electrons. The third kappa shape index (κ3) is 5.76. The molecule has 4 rings (SSSR count). The Morgan fingerprint density at radius 1 is 1.31 bits per heavy atom. The number of piperidine rings is 1. The van der Waals surface area contributed by atoms with Gasteiger partial charge in [0.15, 0.2) is 0 Å². The maximum Gasteiger partial charge on any atom is 0.256 e. The Bertz CT molecular complexity index is 1810. The SMILES string of the molecule is [2H]C([2H])([2H])OC1(c2cc3c(N[C@H](C)c4cccc(C#N)c4C)nc(C)c(C#CC(C)(C)N)c3n(C)c2=O)CCN(C(C)=O)CC1. The first-order valence-corrected chi connectivity index (χ1v) is 14.0. The second-order valence-electron chi connectivity index (χ2n) is 11.7. The molecule has 3 aromatic rings. The minimum Gasteiger partial charge on any atom is -0.373 e. The van der Waals surface area contributed by atoms with Gasteiger partial charge in [0.05, 0.1) is 49.7 Å². The Labute approximate surface area is 251 Å². The van der Waals surface area contributed by atoms with Crippen LogP contribution in [-0.4, -0.2) is 46.0 Å². The molecule has 1 aromatic carbocycles. The van der Waals surface area contributed by atoms with E-state index in [1.54, 1.807) is 44.9 Å². The van der Waals surface area contributed by atoms with E-state index in [4.69, 9.17) is 19.6 Å². The molecule has 0 spiro atoms. The van der Waals surface area contributed by atoms with Gasteiger partial charge in [-0.1, -0.05) is 24.0 Å². The third-order valence-corrected chi connectivity index (χ3v) is 8.08. The summed E-state index contributed by atoms with van der Waals surface area (Å²) in [6.45, 7) is 11.1. The molecule has 0 saturated carbocycles. The van der Waals surface area contributed by atoms with Gasteiger partial charge in [0.2, 0.25) is 5.91 Å². The van der Waals surface area contributed by atoms with Gasteiger partial charge in [-0.3, -0.25) is 9.59 Å². The van der Waals surface area contributed by atoms with Crippen molar-refractivity contribution in [2.24, 2.45) is 12.8 Å². The summed E-state index contributed by atoms with van der Waals surface area (Å²) in [6, 6.07) is 9.12. The minimum atomic E-state index is -2.80. The van der Waals surface area contributed by atoms with Crippen molar-refractivity contribution < 1.29 is 13.6 Å². The summed E-state index contributed by atoms with van der Waals surface area (Å²) in [6.07, 6.45) is 0.247. The van der Waals surface area contributed by atoms with Crippen LogP contribution in [0.4, 0.5) is 5.82 Å². The maximum atomic E-state index is 14.2. The van der Waals surface area contributed by atoms with Crippen molar-refractivity contribution in [1.29, 1.82) is 5.26 Å². The van der Waals surface area contributed by atoms with Crippen LogP contribution in [0.1, 0.15) is 84.2 Å². The van der Waals surface area contributed by atoms with Crippen LogP contribution in [0.25, 0.3) is 10.9 Å². The number of likely N-dealkylation sites (tertiary alicyclic amines) is 1. The molecule has 3 N–H and O–H groups in total. The highest BCUT2D eigenvalue weighted by Gasteiger charge is 2.40. The fourth-order valence-corrected chi connectivity index (χ4v) is 5.62. The molecule has 3 heterocycles. The molecule has 1 fully saturated rings. The molecular formula is C33H40N6O3. The summed E-state index contributed by atoms with van der Waals surface area (Å²) >= 11 is 0. The van der Waals surface area contributed by atoms with Crippen molar-refractivity contribution in [2.75, 3.05) is 25.4 Å². The summed E-state index contributed by atoms with van der Waals surface area (Å²) in [5, 5.41) is 13.6. The average molecular weight is 572 g/mol. The van der Waals surface area contributed by atoms with Gasteiger partial charge in [-0.2, -0.15) is 5.26 Å². The molecule has 9 heteroatoms. The lowest BCUT2D eigenvalue weighted by Crippen LogP contribution is -2.48. The standard InChI is InChI=1S/C33H40N6O3/c1-20-24(19-34)10-9-11-25(20)21(2)36-30-27-18-28(33(42-8)14-16-39(17-15-33)23(4)40)31(41)38(7)29(27)26(22(3)37-30)12-13-32(5,6)35/h9-11,18,21H,14-17,35H2,1-8H3,(H,36,37)/t21-/m1/s1/i8D3. The number of hydrogen-bond donors (Lipinski definition) is 2. The van der Waals surface area contributed by atoms with Crippen LogP contribution in [0.3, 0.4) is 0 Å². The van der Waals surface area contributed by atoms with E-state index in [9.17, 15) is 14.9 Å². The lowest BCUT2D eigenvalue weighted by molar-refractivity contribution is -0.135. The zero-order chi connectivity index (χ0) is 33.5. The van der Waals surface area contributed by atoms with E-state index in [1.165, 1.54) is 11.5 Å². The predicted octanol–water partition coefficient (Wildman–Crippen LogP) is 4.17. The summed E-state index contributed by atoms with van der Waals surface area (Å²) < 4.78 is 31.1. The Balaban J connectivity index is 2.02. The normalized spacial score (nSPS) is 16.8. The largest absolute Gasteiger partial charge is 0.373 e. The van der Waals surface area contributed by atoms with Gasteiger partial charge in [0, 0.05) is 39.5 Å². The second kappa shape index (κ2) is 11.6. The molecule has 0 bridgehead atoms. The van der Waals surface area contributed by atoms with Crippen LogP contribution in [0.5, 0.6) is 0 Å². The molecule has 1 aliphatic rings. The van der Waals surface area contributed by atoms with E-state index in [0.717, 1.165) is 11.1 Å². The first-order chi connectivity index (χ1) is 20.9. The number of rotatable bonds is 5. The lowest BCUT2D eigenvalue weighted by atomic mass is 9.84. The number of aromatic nitrogens is 2. The fourth-order valence-electron chi connectivity index (χ4n) is 5.62. The number of hydrogen-bond acceptors (Lipinski definition) is 7. The molecule has 9 nitrogen and oxygen atoms in total. The van der Waals surface area contributed by atoms with Gasteiger partial charge in [-0.25, -0.2) is 4.98 Å². The van der Waals surface area contributed by atoms with Gasteiger partial charge in [0.1, 0.15) is 11.4 Å². The quantitative estimate of drug-likeness (QED) is 0.440. The number of amides is 1. The van der Waals surface area contributed by atoms with Gasteiger partial charge in [-0.05, 0) is 70.7 Å². The molecule has 0 aliphatic carbocycles. The summed E-state index contributed by atoms with van der Waals surface area (Å²) in [7, 11) is -1.18. The average Bonchev–Trinajstić information content (AvgIpc) is 2.93. The number of fused-ring (bicyclic) bond motifs is 1. The minimum absolute atomic E-state index is 0.123. The zero-order valence-corrected chi connectivity index (χ0v) is 25.3. The monoisotopic (exact) mass is 571 g/mol. The Morgan fingerprint density at radius 3 is 2.60 bits per heavy atom. The molecular weight excluding hydrogens is 528 g/mol. The van der Waals surface area contributed by atoms with E-state index >= 15 is 0 Å². The van der Waals surface area contributed by atoms with E-state index in [2.05, 4.69) is 23.2 Å². The van der Waals surface area contributed by atoms with Crippen LogP contribution in [0, 0.1) is 37.0 Å². The third-order valence-electron chi connectivity index (χ3n) is 8.08. The summed E-state index contributed by atoms with van der Waals surface area (Å²) in [5.74, 6) is 6.50. The van der Waals surface area contributed by atoms with E-state index in [0.29, 0.717) is 33.5 Å². The van der Waals surface area contributed by atoms with Crippen molar-refractivity contribution in [3.8, 4) is 17.9 Å². The Kier molecular flexibility index (Phi) is 7.37. The zero-order valence-electron chi connectivity index (χ0n) is 28.3. The first-order valence-electron chi connectivity index (χ1n) is 15.5. The predicted molar refractivity (Wildman–Crippen MR) is 165 cm³/mol. The lowest BCUT2D eigenvalue weighted by Gasteiger charge is -2.40. The van der Waals surface area contributed by atoms with Crippen molar-refractivity contribution >= 4 is 22.6 Å². The number of anilines is 1. The van der Waals surface area contributed by atoms with Gasteiger partial charge < -0.3 is 25.3 Å². The first kappa shape index (κ1) is 26.7. The molecule has 2 aromatic heterocycles. The molecule has 1 saturated heterocycles. The van der Waals surface area contributed by atoms with Gasteiger partial charge in [-0.15, -0.1) is 0 Å². The number of pyridine rings is 2. The molecule has 1 aliphatic heterocycles. The van der Waals surface area contributed by atoms with Crippen molar-refractivity contribution in [1.82, 2.24) is 14.5 Å². The number of nitrogens with zero attached hydrogens (tertiary/aromatic N) is 4. The number of carbonyl (C=O) groups excluding carboxylic acids is 1. The van der Waals surface area contributed by atoms with Crippen LogP contribution in [0.15, 0.2) is 29.1 Å². The highest BCUT2D eigenvalue weighted by molar-refractivity contribution is 5.95. The summed E-state index contributed by atoms with van der Waals surface area (Å²) in [4.78, 5) is 32.8. The number of methoxy groups -OCH3 is 1. The highest BCUT2D eigenvalue weighted by Crippen LogP contribution is 2.38. The number of nitriles is 1. The molecule has 42 heavy (non-hydrogen) atoms. The highest BCUT2D eigenvalue weighted by atomic mass is 16.5. The number of aryl methyl sites for hydroxylation is 2. The van der Waals surface area contributed by atoms with E-state index in [1.807, 2.05) is 26.0 Å². The Hall–Kier alpha value is -4.18. The smallest absolute Gasteiger partial charge is 0.256 e. The number of nitrogens with two attached hydrogens (primary N) is 1. The number of carbonyl (C=O) groups is 1.